The van der Waals surface area contributed by atoms with Crippen LogP contribution in [0.2, 0.25) is 0 Å². The summed E-state index contributed by atoms with van der Waals surface area (Å²) in [5.74, 6) is 0.0206. The summed E-state index contributed by atoms with van der Waals surface area (Å²) >= 11 is 0. The zero-order valence-corrected chi connectivity index (χ0v) is 28.0. The minimum Gasteiger partial charge on any atom is -0.481 e. The molecule has 0 aromatic heterocycles. The van der Waals surface area contributed by atoms with Crippen molar-refractivity contribution in [3.8, 4) is 0 Å². The molecule has 1 saturated heterocycles. The molecular weight excluding hydrogens is 592 g/mol. The van der Waals surface area contributed by atoms with Crippen LogP contribution in [0.15, 0.2) is 11.6 Å². The smallest absolute Gasteiger partial charge is 0.333 e. The number of carbonyl (C=O) groups is 2. The number of esters is 1. The van der Waals surface area contributed by atoms with Crippen LogP contribution in [0.1, 0.15) is 98.8 Å². The van der Waals surface area contributed by atoms with Crippen LogP contribution in [0, 0.1) is 50.7 Å². The van der Waals surface area contributed by atoms with Crippen molar-refractivity contribution < 1.29 is 49.3 Å². The van der Waals surface area contributed by atoms with Crippen molar-refractivity contribution in [3.05, 3.63) is 11.6 Å². The SMILES string of the molecule is CC1=CCC([C@@H](C)C2CC[C@@]3(C)C4CCC5[C@@]6(CC[C@H](O[C@@H]7O[C@H](CO)[C@@H](O)[C@H](O)[C@H]7O)[C@@]5(C)C(=O)O)C[C@@]46CC[C@]23C)OC1=O. The van der Waals surface area contributed by atoms with Crippen LogP contribution in [0.5, 0.6) is 0 Å². The molecule has 46 heavy (non-hydrogen) atoms. The summed E-state index contributed by atoms with van der Waals surface area (Å²) in [5.41, 5.74) is -0.273. The molecule has 7 aliphatic rings. The van der Waals surface area contributed by atoms with Crippen molar-refractivity contribution in [1.29, 1.82) is 0 Å². The van der Waals surface area contributed by atoms with E-state index in [2.05, 4.69) is 20.8 Å². The molecule has 0 bridgehead atoms. The summed E-state index contributed by atoms with van der Waals surface area (Å²) in [6, 6.07) is 0. The average molecular weight is 647 g/mol. The van der Waals surface area contributed by atoms with E-state index in [0.29, 0.717) is 23.8 Å². The first-order chi connectivity index (χ1) is 21.6. The normalized spacial score (nSPS) is 55.2. The monoisotopic (exact) mass is 646 g/mol. The van der Waals surface area contributed by atoms with E-state index in [1.165, 1.54) is 0 Å². The number of aliphatic hydroxyl groups excluding tert-OH is 4. The van der Waals surface area contributed by atoms with Crippen molar-refractivity contribution in [2.24, 2.45) is 50.7 Å². The van der Waals surface area contributed by atoms with Crippen LogP contribution in [0.25, 0.3) is 0 Å². The number of fused-ring (bicyclic) bond motifs is 2. The molecule has 2 aliphatic heterocycles. The van der Waals surface area contributed by atoms with Gasteiger partial charge in [-0.05, 0) is 117 Å². The Hall–Kier alpha value is -1.56. The maximum Gasteiger partial charge on any atom is 0.333 e. The van der Waals surface area contributed by atoms with Crippen molar-refractivity contribution in [1.82, 2.24) is 0 Å². The highest BCUT2D eigenvalue weighted by atomic mass is 16.7. The van der Waals surface area contributed by atoms with Gasteiger partial charge in [-0.3, -0.25) is 4.79 Å². The number of hydrogen-bond acceptors (Lipinski definition) is 9. The van der Waals surface area contributed by atoms with Crippen LogP contribution in [-0.4, -0.2) is 87.0 Å². The second-order valence-corrected chi connectivity index (χ2v) is 17.0. The molecule has 2 heterocycles. The molecule has 6 fully saturated rings. The van der Waals surface area contributed by atoms with Crippen LogP contribution in [0.4, 0.5) is 0 Å². The Bertz CT molecular complexity index is 1300. The standard InChI is InChI=1S/C36H54O10/c1-18-6-7-21(44-29(18)41)19(2)20-10-12-33(4)23-8-9-24-34(5,31(42)43)25(46-30-28(40)27(39)26(38)22(16-37)45-30)11-13-35(24)17-36(23,35)15-14-32(20,33)3/h6,19-28,30,37-40H,7-17H2,1-5H3,(H,42,43)/t19-,20?,21?,22+,23?,24?,25-,26+,27-,28+,30-,32+,33-,34-,35+,36-/m0/s1. The Morgan fingerprint density at radius 2 is 1.65 bits per heavy atom. The van der Waals surface area contributed by atoms with Crippen LogP contribution in [0.3, 0.4) is 0 Å². The molecular formula is C36H54O10. The van der Waals surface area contributed by atoms with Gasteiger partial charge in [0, 0.05) is 12.0 Å². The molecule has 0 aromatic carbocycles. The van der Waals surface area contributed by atoms with Gasteiger partial charge in [-0.15, -0.1) is 0 Å². The fraction of sp³-hybridized carbons (Fsp3) is 0.889. The summed E-state index contributed by atoms with van der Waals surface area (Å²) in [6.07, 6.45) is 3.43. The highest BCUT2D eigenvalue weighted by Gasteiger charge is 2.83. The fourth-order valence-electron chi connectivity index (χ4n) is 13.0. The van der Waals surface area contributed by atoms with Gasteiger partial charge in [0.05, 0.1) is 18.1 Å². The van der Waals surface area contributed by atoms with E-state index in [-0.39, 0.29) is 45.6 Å². The predicted octanol–water partition coefficient (Wildman–Crippen LogP) is 3.57. The van der Waals surface area contributed by atoms with Crippen molar-refractivity contribution in [2.45, 2.75) is 142 Å². The second kappa shape index (κ2) is 10.7. The number of rotatable bonds is 6. The average Bonchev–Trinajstić information content (AvgIpc) is 3.61. The Balaban J connectivity index is 1.13. The first-order valence-electron chi connectivity index (χ1n) is 17.7. The summed E-state index contributed by atoms with van der Waals surface area (Å²) < 4.78 is 17.9. The lowest BCUT2D eigenvalue weighted by Crippen LogP contribution is -2.63. The quantitative estimate of drug-likeness (QED) is 0.213. The third-order valence-electron chi connectivity index (χ3n) is 15.8. The number of cyclic esters (lactones) is 1. The number of ether oxygens (including phenoxy) is 3. The Labute approximate surface area is 271 Å². The van der Waals surface area contributed by atoms with E-state index in [1.807, 2.05) is 13.0 Å². The summed E-state index contributed by atoms with van der Waals surface area (Å²) in [5, 5.41) is 51.8. The zero-order chi connectivity index (χ0) is 33.2. The predicted molar refractivity (Wildman–Crippen MR) is 165 cm³/mol. The molecule has 0 aromatic rings. The Morgan fingerprint density at radius 3 is 2.33 bits per heavy atom. The lowest BCUT2D eigenvalue weighted by Gasteiger charge is -2.63. The molecule has 5 aliphatic carbocycles. The van der Waals surface area contributed by atoms with Crippen LogP contribution in [-0.2, 0) is 23.8 Å². The maximum atomic E-state index is 13.3. The number of aliphatic hydroxyl groups is 4. The van der Waals surface area contributed by atoms with Gasteiger partial charge in [0.1, 0.15) is 30.5 Å². The maximum absolute atomic E-state index is 13.3. The van der Waals surface area contributed by atoms with Gasteiger partial charge >= 0.3 is 11.9 Å². The van der Waals surface area contributed by atoms with E-state index >= 15 is 0 Å². The van der Waals surface area contributed by atoms with E-state index in [0.717, 1.165) is 57.8 Å². The molecule has 7 rings (SSSR count). The van der Waals surface area contributed by atoms with Crippen molar-refractivity contribution >= 4 is 11.9 Å². The summed E-state index contributed by atoms with van der Waals surface area (Å²) in [6.45, 7) is 10.3. The molecule has 10 heteroatoms. The Morgan fingerprint density at radius 1 is 0.957 bits per heavy atom. The van der Waals surface area contributed by atoms with Crippen molar-refractivity contribution in [2.75, 3.05) is 6.61 Å². The van der Waals surface area contributed by atoms with Gasteiger partial charge in [0.15, 0.2) is 6.29 Å². The molecule has 2 spiro atoms. The summed E-state index contributed by atoms with van der Waals surface area (Å²) in [4.78, 5) is 25.7. The van der Waals surface area contributed by atoms with E-state index < -0.39 is 54.8 Å². The third-order valence-corrected chi connectivity index (χ3v) is 15.8. The minimum atomic E-state index is -1.58. The second-order valence-electron chi connectivity index (χ2n) is 17.0. The summed E-state index contributed by atoms with van der Waals surface area (Å²) in [7, 11) is 0. The first kappa shape index (κ1) is 33.0. The lowest BCUT2D eigenvalue weighted by molar-refractivity contribution is -0.326. The van der Waals surface area contributed by atoms with Gasteiger partial charge in [0.25, 0.3) is 0 Å². The van der Waals surface area contributed by atoms with E-state index in [1.54, 1.807) is 6.92 Å². The topological polar surface area (TPSA) is 163 Å². The van der Waals surface area contributed by atoms with E-state index in [4.69, 9.17) is 14.2 Å². The number of aliphatic carboxylic acids is 1. The van der Waals surface area contributed by atoms with Gasteiger partial charge in [0.2, 0.25) is 0 Å². The Kier molecular flexibility index (Phi) is 7.68. The third kappa shape index (κ3) is 4.09. The molecule has 16 atom stereocenters. The molecule has 0 amide bonds. The zero-order valence-electron chi connectivity index (χ0n) is 28.0. The number of hydrogen-bond donors (Lipinski definition) is 5. The van der Waals surface area contributed by atoms with Crippen molar-refractivity contribution in [3.63, 3.8) is 0 Å². The fourth-order valence-corrected chi connectivity index (χ4v) is 13.0. The van der Waals surface area contributed by atoms with Gasteiger partial charge in [-0.2, -0.15) is 0 Å². The molecule has 10 nitrogen and oxygen atoms in total. The van der Waals surface area contributed by atoms with Gasteiger partial charge in [-0.1, -0.05) is 26.8 Å². The highest BCUT2D eigenvalue weighted by molar-refractivity contribution is 5.88. The molecule has 4 unspecified atom stereocenters. The van der Waals surface area contributed by atoms with Gasteiger partial charge in [-0.25, -0.2) is 4.79 Å². The number of carbonyl (C=O) groups excluding carboxylic acids is 1. The number of carboxylic acid groups (broad SMARTS) is 1. The first-order valence-corrected chi connectivity index (χ1v) is 17.7. The molecule has 5 saturated carbocycles. The highest BCUT2D eigenvalue weighted by Crippen LogP contribution is 2.89. The van der Waals surface area contributed by atoms with Crippen LogP contribution < -0.4 is 0 Å². The van der Waals surface area contributed by atoms with Crippen LogP contribution >= 0.6 is 0 Å². The van der Waals surface area contributed by atoms with E-state index in [9.17, 15) is 35.1 Å². The van der Waals surface area contributed by atoms with Gasteiger partial charge < -0.3 is 39.7 Å². The molecule has 258 valence electrons. The molecule has 5 N–H and O–H groups in total. The molecule has 0 radical (unpaired) electrons. The lowest BCUT2D eigenvalue weighted by atomic mass is 9.41. The minimum absolute atomic E-state index is 0.0758. The largest absolute Gasteiger partial charge is 0.481 e. The number of carboxylic acids is 1.